The number of benzene rings is 1. The van der Waals surface area contributed by atoms with Crippen LogP contribution in [0.1, 0.15) is 39.1 Å². The second-order valence-corrected chi connectivity index (χ2v) is 8.31. The first kappa shape index (κ1) is 19.2. The summed E-state index contributed by atoms with van der Waals surface area (Å²) >= 11 is 1.51. The number of furan rings is 1. The van der Waals surface area contributed by atoms with Gasteiger partial charge in [0.25, 0.3) is 11.7 Å². The Hall–Kier alpha value is -3.12. The average Bonchev–Trinajstić information content (AvgIpc) is 3.40. The molecule has 1 aliphatic heterocycles. The molecule has 1 saturated heterocycles. The van der Waals surface area contributed by atoms with Crippen molar-refractivity contribution in [3.63, 3.8) is 0 Å². The minimum absolute atomic E-state index is 0.0645. The van der Waals surface area contributed by atoms with E-state index in [0.717, 1.165) is 16.0 Å². The molecule has 0 bridgehead atoms. The van der Waals surface area contributed by atoms with Gasteiger partial charge in [0.2, 0.25) is 0 Å². The zero-order chi connectivity index (χ0) is 20.7. The lowest BCUT2D eigenvalue weighted by Crippen LogP contribution is -2.28. The molecule has 1 amide bonds. The van der Waals surface area contributed by atoms with E-state index >= 15 is 0 Å². The fourth-order valence-electron chi connectivity index (χ4n) is 3.65. The lowest BCUT2D eigenvalue weighted by molar-refractivity contribution is -0.140. The van der Waals surface area contributed by atoms with Crippen LogP contribution in [0.15, 0.2) is 57.8 Å². The number of likely N-dealkylation sites (tertiary alicyclic amines) is 1. The maximum absolute atomic E-state index is 13.0. The number of hydrogen-bond donors (Lipinski definition) is 1. The van der Waals surface area contributed by atoms with Crippen molar-refractivity contribution in [3.8, 4) is 0 Å². The van der Waals surface area contributed by atoms with E-state index in [4.69, 9.17) is 4.42 Å². The molecule has 0 saturated carbocycles. The molecule has 0 spiro atoms. The molecule has 3 heterocycles. The van der Waals surface area contributed by atoms with E-state index in [1.54, 1.807) is 19.1 Å². The largest absolute Gasteiger partial charge is 0.507 e. The van der Waals surface area contributed by atoms with Crippen LogP contribution in [0, 0.1) is 20.8 Å². The highest BCUT2D eigenvalue weighted by atomic mass is 32.1. The third-order valence-corrected chi connectivity index (χ3v) is 5.99. The van der Waals surface area contributed by atoms with Gasteiger partial charge in [-0.1, -0.05) is 23.8 Å². The Bertz CT molecular complexity index is 1120. The number of thiophene rings is 1. The van der Waals surface area contributed by atoms with E-state index in [1.165, 1.54) is 16.2 Å². The summed E-state index contributed by atoms with van der Waals surface area (Å²) in [6.07, 6.45) is 0. The molecule has 29 heavy (non-hydrogen) atoms. The zero-order valence-electron chi connectivity index (χ0n) is 16.4. The van der Waals surface area contributed by atoms with Crippen LogP contribution in [0.5, 0.6) is 0 Å². The number of rotatable bonds is 4. The van der Waals surface area contributed by atoms with Crippen LogP contribution in [0.4, 0.5) is 0 Å². The van der Waals surface area contributed by atoms with Gasteiger partial charge >= 0.3 is 0 Å². The van der Waals surface area contributed by atoms with Crippen LogP contribution in [-0.4, -0.2) is 21.7 Å². The summed E-state index contributed by atoms with van der Waals surface area (Å²) in [5.74, 6) is -0.362. The summed E-state index contributed by atoms with van der Waals surface area (Å²) in [7, 11) is 0. The van der Waals surface area contributed by atoms with Crippen molar-refractivity contribution < 1.29 is 19.1 Å². The first-order chi connectivity index (χ1) is 13.9. The first-order valence-corrected chi connectivity index (χ1v) is 10.2. The van der Waals surface area contributed by atoms with Gasteiger partial charge in [-0.25, -0.2) is 0 Å². The molecule has 6 heteroatoms. The highest BCUT2D eigenvalue weighted by Gasteiger charge is 2.47. The molecule has 1 unspecified atom stereocenters. The van der Waals surface area contributed by atoms with E-state index < -0.39 is 17.7 Å². The molecule has 1 N–H and O–H groups in total. The Kier molecular flexibility index (Phi) is 4.88. The summed E-state index contributed by atoms with van der Waals surface area (Å²) in [5, 5.41) is 13.1. The molecule has 1 fully saturated rings. The lowest BCUT2D eigenvalue weighted by atomic mass is 9.96. The Balaban J connectivity index is 1.89. The van der Waals surface area contributed by atoms with Crippen LogP contribution < -0.4 is 0 Å². The molecule has 3 aromatic rings. The van der Waals surface area contributed by atoms with Crippen LogP contribution >= 0.6 is 11.3 Å². The Morgan fingerprint density at radius 1 is 1.14 bits per heavy atom. The van der Waals surface area contributed by atoms with E-state index in [2.05, 4.69) is 0 Å². The van der Waals surface area contributed by atoms with Gasteiger partial charge < -0.3 is 14.4 Å². The fourth-order valence-corrected chi connectivity index (χ4v) is 4.35. The number of aryl methyl sites for hydroxylation is 3. The maximum Gasteiger partial charge on any atom is 0.296 e. The molecule has 0 aliphatic carbocycles. The number of carbonyl (C=O) groups is 2. The number of amides is 1. The van der Waals surface area contributed by atoms with Crippen molar-refractivity contribution in [2.75, 3.05) is 0 Å². The summed E-state index contributed by atoms with van der Waals surface area (Å²) in [6.45, 7) is 5.86. The number of nitrogens with zero attached hydrogens (tertiary/aromatic N) is 1. The average molecular weight is 407 g/mol. The van der Waals surface area contributed by atoms with E-state index in [0.29, 0.717) is 17.1 Å². The van der Waals surface area contributed by atoms with Crippen LogP contribution in [0.2, 0.25) is 0 Å². The summed E-state index contributed by atoms with van der Waals surface area (Å²) in [5.41, 5.74) is 2.39. The molecule has 5 nitrogen and oxygen atoms in total. The molecule has 1 aromatic carbocycles. The Morgan fingerprint density at radius 2 is 1.93 bits per heavy atom. The number of aliphatic hydroxyl groups is 1. The lowest BCUT2D eigenvalue weighted by Gasteiger charge is -2.23. The summed E-state index contributed by atoms with van der Waals surface area (Å²) in [6, 6.07) is 12.2. The van der Waals surface area contributed by atoms with Crippen molar-refractivity contribution in [1.82, 2.24) is 4.90 Å². The molecule has 2 aromatic heterocycles. The number of Topliss-reactive ketones (excluding diaryl/α,β-unsaturated/α-hetero) is 1. The molecule has 0 radical (unpaired) electrons. The fraction of sp³-hybridized carbons (Fsp3) is 0.217. The molecular formula is C23H21NO4S. The Morgan fingerprint density at radius 3 is 2.59 bits per heavy atom. The smallest absolute Gasteiger partial charge is 0.296 e. The first-order valence-electron chi connectivity index (χ1n) is 9.31. The van der Waals surface area contributed by atoms with Gasteiger partial charge in [0.05, 0.1) is 12.1 Å². The minimum Gasteiger partial charge on any atom is -0.507 e. The molecule has 4 rings (SSSR count). The molecule has 1 atom stereocenters. The standard InChI is InChI=1S/C23H21NO4S/c1-13-6-7-14(2)17(11-13)21(25)19-20(18-9-8-15(3)28-18)24(23(27)22(19)26)12-16-5-4-10-29-16/h4-11,20,25H,12H2,1-3H3/b21-19+. The highest BCUT2D eigenvalue weighted by Crippen LogP contribution is 2.41. The molecule has 1 aliphatic rings. The Labute approximate surface area is 172 Å². The predicted octanol–water partition coefficient (Wildman–Crippen LogP) is 4.89. The third-order valence-electron chi connectivity index (χ3n) is 5.13. The summed E-state index contributed by atoms with van der Waals surface area (Å²) < 4.78 is 5.80. The van der Waals surface area contributed by atoms with Crippen LogP contribution in [0.3, 0.4) is 0 Å². The zero-order valence-corrected chi connectivity index (χ0v) is 17.2. The number of hydrogen-bond acceptors (Lipinski definition) is 5. The number of aliphatic hydroxyl groups excluding tert-OH is 1. The van der Waals surface area contributed by atoms with Gasteiger partial charge in [0, 0.05) is 10.4 Å². The molecular weight excluding hydrogens is 386 g/mol. The van der Waals surface area contributed by atoms with Gasteiger partial charge in [-0.3, -0.25) is 9.59 Å². The van der Waals surface area contributed by atoms with Crippen molar-refractivity contribution in [2.24, 2.45) is 0 Å². The highest BCUT2D eigenvalue weighted by molar-refractivity contribution is 7.09. The third kappa shape index (κ3) is 3.40. The number of carbonyl (C=O) groups excluding carboxylic acids is 2. The van der Waals surface area contributed by atoms with Crippen LogP contribution in [0.25, 0.3) is 5.76 Å². The topological polar surface area (TPSA) is 70.8 Å². The van der Waals surface area contributed by atoms with E-state index in [-0.39, 0.29) is 17.9 Å². The normalized spacial score (nSPS) is 18.6. The van der Waals surface area contributed by atoms with Crippen LogP contribution in [-0.2, 0) is 16.1 Å². The monoisotopic (exact) mass is 407 g/mol. The van der Waals surface area contributed by atoms with E-state index in [1.807, 2.05) is 49.6 Å². The van der Waals surface area contributed by atoms with Gasteiger partial charge in [0.15, 0.2) is 0 Å². The minimum atomic E-state index is -0.772. The predicted molar refractivity (Wildman–Crippen MR) is 112 cm³/mol. The van der Waals surface area contributed by atoms with Crippen molar-refractivity contribution in [3.05, 3.63) is 86.5 Å². The second-order valence-electron chi connectivity index (χ2n) is 7.27. The van der Waals surface area contributed by atoms with Gasteiger partial charge in [-0.2, -0.15) is 0 Å². The SMILES string of the molecule is Cc1ccc(C)c(/C(O)=C2\C(=O)C(=O)N(Cc3cccs3)C2c2ccc(C)o2)c1. The summed E-state index contributed by atoms with van der Waals surface area (Å²) in [4.78, 5) is 28.3. The van der Waals surface area contributed by atoms with Crippen molar-refractivity contribution in [2.45, 2.75) is 33.4 Å². The van der Waals surface area contributed by atoms with Gasteiger partial charge in [-0.05, 0) is 56.0 Å². The number of ketones is 1. The van der Waals surface area contributed by atoms with Crippen molar-refractivity contribution >= 4 is 28.8 Å². The maximum atomic E-state index is 13.0. The quantitative estimate of drug-likeness (QED) is 0.380. The van der Waals surface area contributed by atoms with Gasteiger partial charge in [-0.15, -0.1) is 11.3 Å². The van der Waals surface area contributed by atoms with Gasteiger partial charge in [0.1, 0.15) is 23.3 Å². The molecule has 148 valence electrons. The second kappa shape index (κ2) is 7.37. The van der Waals surface area contributed by atoms with E-state index in [9.17, 15) is 14.7 Å². The van der Waals surface area contributed by atoms with Crippen molar-refractivity contribution in [1.29, 1.82) is 0 Å².